The molecular weight excluding hydrogens is 508 g/mol. The minimum Gasteiger partial charge on any atom is -0.508 e. The van der Waals surface area contributed by atoms with Crippen LogP contribution in [0.15, 0.2) is 72.8 Å². The van der Waals surface area contributed by atoms with Crippen LogP contribution in [0.3, 0.4) is 0 Å². The summed E-state index contributed by atoms with van der Waals surface area (Å²) in [6.45, 7) is 0. The van der Waals surface area contributed by atoms with Gasteiger partial charge in [0.2, 0.25) is 5.75 Å². The first-order valence-electron chi connectivity index (χ1n) is 13.1. The van der Waals surface area contributed by atoms with E-state index in [4.69, 9.17) is 28.4 Å². The maximum Gasteiger partial charge on any atom is 0.203 e. The molecule has 0 radical (unpaired) electrons. The van der Waals surface area contributed by atoms with Gasteiger partial charge in [-0.25, -0.2) is 0 Å². The quantitative estimate of drug-likeness (QED) is 0.198. The van der Waals surface area contributed by atoms with Crippen molar-refractivity contribution in [1.29, 1.82) is 0 Å². The molecule has 4 rings (SSSR count). The van der Waals surface area contributed by atoms with Crippen molar-refractivity contribution in [1.82, 2.24) is 0 Å². The van der Waals surface area contributed by atoms with Crippen LogP contribution >= 0.6 is 0 Å². The minimum absolute atomic E-state index is 0.130. The second-order valence-corrected chi connectivity index (χ2v) is 9.31. The Morgan fingerprint density at radius 1 is 0.475 bits per heavy atom. The number of methoxy groups -OCH3 is 5. The molecule has 0 aliphatic heterocycles. The molecule has 0 atom stereocenters. The highest BCUT2D eigenvalue weighted by atomic mass is 16.5. The van der Waals surface area contributed by atoms with Gasteiger partial charge in [-0.05, 0) is 96.5 Å². The Balaban J connectivity index is 1.49. The third-order valence-electron chi connectivity index (χ3n) is 6.67. The van der Waals surface area contributed by atoms with Crippen LogP contribution in [0.2, 0.25) is 0 Å². The molecule has 4 aromatic rings. The number of aromatic hydroxyl groups is 1. The Kier molecular flexibility index (Phi) is 9.62. The van der Waals surface area contributed by atoms with E-state index < -0.39 is 0 Å². The van der Waals surface area contributed by atoms with E-state index in [2.05, 4.69) is 6.07 Å². The fraction of sp³-hybridized carbons (Fsp3) is 0.273. The maximum absolute atomic E-state index is 10.5. The molecule has 0 unspecified atom stereocenters. The van der Waals surface area contributed by atoms with Gasteiger partial charge in [-0.3, -0.25) is 0 Å². The van der Waals surface area contributed by atoms with E-state index in [-0.39, 0.29) is 5.75 Å². The number of benzene rings is 4. The van der Waals surface area contributed by atoms with Crippen LogP contribution in [0.1, 0.15) is 22.3 Å². The zero-order valence-corrected chi connectivity index (χ0v) is 23.7. The van der Waals surface area contributed by atoms with E-state index >= 15 is 0 Å². The van der Waals surface area contributed by atoms with Crippen molar-refractivity contribution in [3.63, 3.8) is 0 Å². The summed E-state index contributed by atoms with van der Waals surface area (Å²) >= 11 is 0. The monoisotopic (exact) mass is 544 g/mol. The topological polar surface area (TPSA) is 75.6 Å². The van der Waals surface area contributed by atoms with E-state index in [1.807, 2.05) is 54.6 Å². The summed E-state index contributed by atoms with van der Waals surface area (Å²) in [6.07, 6.45) is 3.05. The summed E-state index contributed by atoms with van der Waals surface area (Å²) in [7, 11) is 8.07. The van der Waals surface area contributed by atoms with Gasteiger partial charge in [-0.15, -0.1) is 0 Å². The average Bonchev–Trinajstić information content (AvgIpc) is 2.98. The predicted octanol–water partition coefficient (Wildman–Crippen LogP) is 6.80. The predicted molar refractivity (Wildman–Crippen MR) is 155 cm³/mol. The summed E-state index contributed by atoms with van der Waals surface area (Å²) in [5.41, 5.74) is 4.26. The molecule has 0 spiro atoms. The molecule has 0 saturated carbocycles. The average molecular weight is 545 g/mol. The summed E-state index contributed by atoms with van der Waals surface area (Å²) in [5, 5.41) is 10.5. The van der Waals surface area contributed by atoms with Gasteiger partial charge in [0.1, 0.15) is 17.2 Å². The Bertz CT molecular complexity index is 1410. The number of hydrogen-bond donors (Lipinski definition) is 1. The molecule has 7 heteroatoms. The molecule has 0 amide bonds. The lowest BCUT2D eigenvalue weighted by Crippen LogP contribution is -1.99. The van der Waals surface area contributed by atoms with Crippen molar-refractivity contribution in [3.8, 4) is 46.0 Å². The van der Waals surface area contributed by atoms with Crippen molar-refractivity contribution in [2.24, 2.45) is 0 Å². The summed E-state index contributed by atoms with van der Waals surface area (Å²) in [6, 6.07) is 23.2. The number of phenols is 1. The third-order valence-corrected chi connectivity index (χ3v) is 6.67. The van der Waals surface area contributed by atoms with Crippen molar-refractivity contribution in [2.75, 3.05) is 35.5 Å². The molecule has 0 heterocycles. The van der Waals surface area contributed by atoms with Crippen LogP contribution in [0.25, 0.3) is 0 Å². The molecule has 0 aromatic heterocycles. The van der Waals surface area contributed by atoms with Crippen LogP contribution in [0.5, 0.6) is 46.0 Å². The van der Waals surface area contributed by atoms with Gasteiger partial charge in [0, 0.05) is 6.07 Å². The van der Waals surface area contributed by atoms with Gasteiger partial charge in [0.15, 0.2) is 23.0 Å². The van der Waals surface area contributed by atoms with Crippen LogP contribution in [-0.4, -0.2) is 40.7 Å². The van der Waals surface area contributed by atoms with E-state index in [0.717, 1.165) is 35.3 Å². The highest BCUT2D eigenvalue weighted by molar-refractivity contribution is 5.54. The molecule has 1 N–H and O–H groups in total. The van der Waals surface area contributed by atoms with E-state index in [0.29, 0.717) is 47.3 Å². The van der Waals surface area contributed by atoms with E-state index in [1.54, 1.807) is 47.7 Å². The molecule has 210 valence electrons. The number of aryl methyl sites for hydroxylation is 4. The van der Waals surface area contributed by atoms with Gasteiger partial charge in [0.25, 0.3) is 0 Å². The second kappa shape index (κ2) is 13.5. The van der Waals surface area contributed by atoms with Gasteiger partial charge < -0.3 is 33.5 Å². The summed E-state index contributed by atoms with van der Waals surface area (Å²) in [4.78, 5) is 0. The number of rotatable bonds is 13. The molecule has 0 aliphatic carbocycles. The van der Waals surface area contributed by atoms with E-state index in [9.17, 15) is 5.11 Å². The number of ether oxygens (including phenoxy) is 6. The number of phenolic OH excluding ortho intramolecular Hbond substituents is 1. The van der Waals surface area contributed by atoms with E-state index in [1.165, 1.54) is 5.56 Å². The van der Waals surface area contributed by atoms with Crippen LogP contribution in [0.4, 0.5) is 0 Å². The van der Waals surface area contributed by atoms with Gasteiger partial charge in [0.05, 0.1) is 35.5 Å². The zero-order valence-electron chi connectivity index (χ0n) is 23.7. The molecule has 7 nitrogen and oxygen atoms in total. The molecule has 4 aromatic carbocycles. The minimum atomic E-state index is 0.130. The third kappa shape index (κ3) is 7.11. The first kappa shape index (κ1) is 28.5. The van der Waals surface area contributed by atoms with Gasteiger partial charge in [-0.1, -0.05) is 18.2 Å². The fourth-order valence-corrected chi connectivity index (χ4v) is 4.62. The van der Waals surface area contributed by atoms with Crippen molar-refractivity contribution < 1.29 is 33.5 Å². The summed E-state index contributed by atoms with van der Waals surface area (Å²) < 4.78 is 33.5. The molecule has 0 aliphatic rings. The Labute approximate surface area is 235 Å². The van der Waals surface area contributed by atoms with Crippen molar-refractivity contribution >= 4 is 0 Å². The van der Waals surface area contributed by atoms with Gasteiger partial charge in [-0.2, -0.15) is 0 Å². The lowest BCUT2D eigenvalue weighted by molar-refractivity contribution is 0.324. The summed E-state index contributed by atoms with van der Waals surface area (Å²) in [5.74, 6) is 4.49. The van der Waals surface area contributed by atoms with Crippen molar-refractivity contribution in [3.05, 3.63) is 95.1 Å². The Morgan fingerprint density at radius 3 is 1.68 bits per heavy atom. The molecule has 0 saturated heterocycles. The molecule has 0 fully saturated rings. The standard InChI is InChI=1S/C33H36O7/c1-35-27-8-6-7-22(16-27)9-10-23-13-14-29(36-2)30(18-23)40-28-17-24(15-26(34)21-28)11-12-25-19-31(37-3)33(39-5)32(20-25)38-4/h6-8,13-21,34H,9-12H2,1-5H3. The van der Waals surface area contributed by atoms with Crippen LogP contribution in [-0.2, 0) is 25.7 Å². The van der Waals surface area contributed by atoms with Gasteiger partial charge >= 0.3 is 0 Å². The first-order chi connectivity index (χ1) is 19.5. The molecular formula is C33H36O7. The lowest BCUT2D eigenvalue weighted by Gasteiger charge is -2.15. The largest absolute Gasteiger partial charge is 0.508 e. The Morgan fingerprint density at radius 2 is 1.05 bits per heavy atom. The second-order valence-electron chi connectivity index (χ2n) is 9.31. The normalized spacial score (nSPS) is 10.6. The lowest BCUT2D eigenvalue weighted by atomic mass is 10.0. The maximum atomic E-state index is 10.5. The van der Waals surface area contributed by atoms with Crippen LogP contribution in [0, 0.1) is 0 Å². The number of hydrogen-bond acceptors (Lipinski definition) is 7. The smallest absolute Gasteiger partial charge is 0.203 e. The zero-order chi connectivity index (χ0) is 28.5. The highest BCUT2D eigenvalue weighted by Gasteiger charge is 2.14. The highest BCUT2D eigenvalue weighted by Crippen LogP contribution is 2.39. The molecule has 0 bridgehead atoms. The Hall–Kier alpha value is -4.52. The first-order valence-corrected chi connectivity index (χ1v) is 13.1. The van der Waals surface area contributed by atoms with Crippen molar-refractivity contribution in [2.45, 2.75) is 25.7 Å². The van der Waals surface area contributed by atoms with Crippen LogP contribution < -0.4 is 28.4 Å². The fourth-order valence-electron chi connectivity index (χ4n) is 4.62. The SMILES string of the molecule is COc1cccc(CCc2ccc(OC)c(Oc3cc(O)cc(CCc4cc(OC)c(OC)c(OC)c4)c3)c2)c1. The molecule has 40 heavy (non-hydrogen) atoms.